The molecule has 1 fully saturated rings. The molecular weight excluding hydrogens is 325 g/mol. The summed E-state index contributed by atoms with van der Waals surface area (Å²) in [6.07, 6.45) is 2.02. The number of hydrogen-bond acceptors (Lipinski definition) is 4. The van der Waals surface area contributed by atoms with E-state index in [9.17, 15) is 9.18 Å². The van der Waals surface area contributed by atoms with Crippen LogP contribution < -0.4 is 20.1 Å². The number of nitrogens with one attached hydrogen (secondary N) is 2. The summed E-state index contributed by atoms with van der Waals surface area (Å²) < 4.78 is 25.1. The van der Waals surface area contributed by atoms with E-state index >= 15 is 0 Å². The van der Waals surface area contributed by atoms with Crippen LogP contribution in [0.1, 0.15) is 24.1 Å². The number of anilines is 1. The molecule has 1 aliphatic carbocycles. The molecule has 1 aliphatic rings. The first-order valence-electron chi connectivity index (χ1n) is 8.07. The van der Waals surface area contributed by atoms with E-state index in [1.165, 1.54) is 7.11 Å². The number of carbonyl (C=O) groups is 1. The van der Waals surface area contributed by atoms with Gasteiger partial charge in [0.2, 0.25) is 0 Å². The predicted octanol–water partition coefficient (Wildman–Crippen LogP) is 3.40. The summed E-state index contributed by atoms with van der Waals surface area (Å²) in [6.45, 7) is 1.84. The van der Waals surface area contributed by atoms with Crippen molar-refractivity contribution in [3.8, 4) is 11.5 Å². The highest BCUT2D eigenvalue weighted by atomic mass is 19.1. The van der Waals surface area contributed by atoms with E-state index in [1.54, 1.807) is 30.3 Å². The molecule has 1 saturated carbocycles. The standard InChI is InChI=1S/C18H20FN3O3/c1-11-6-9-15(24-2)17(21-11)22-18(23)20-10-12-4-3-5-14(16(12)19)25-13-7-8-13/h3-6,9,13H,7-8,10H2,1-2H3,(H2,20,21,22,23). The molecule has 7 heteroatoms. The van der Waals surface area contributed by atoms with E-state index in [0.717, 1.165) is 18.5 Å². The number of carbonyl (C=O) groups excluding carboxylic acids is 1. The molecule has 2 aromatic rings. The smallest absolute Gasteiger partial charge is 0.320 e. The van der Waals surface area contributed by atoms with Crippen LogP contribution in [0.4, 0.5) is 15.0 Å². The zero-order valence-electron chi connectivity index (χ0n) is 14.1. The summed E-state index contributed by atoms with van der Waals surface area (Å²) in [6, 6.07) is 7.92. The number of benzene rings is 1. The van der Waals surface area contributed by atoms with Crippen LogP contribution in [-0.4, -0.2) is 24.2 Å². The second-order valence-corrected chi connectivity index (χ2v) is 5.86. The number of rotatable bonds is 6. The second-order valence-electron chi connectivity index (χ2n) is 5.86. The highest BCUT2D eigenvalue weighted by Crippen LogP contribution is 2.29. The molecule has 0 bridgehead atoms. The summed E-state index contributed by atoms with van der Waals surface area (Å²) in [5.41, 5.74) is 1.10. The van der Waals surface area contributed by atoms with Crippen molar-refractivity contribution in [1.29, 1.82) is 0 Å². The van der Waals surface area contributed by atoms with E-state index < -0.39 is 11.8 Å². The lowest BCUT2D eigenvalue weighted by Gasteiger charge is -2.12. The minimum Gasteiger partial charge on any atom is -0.493 e. The van der Waals surface area contributed by atoms with Crippen LogP contribution in [0.15, 0.2) is 30.3 Å². The average molecular weight is 345 g/mol. The Bertz CT molecular complexity index is 778. The van der Waals surface area contributed by atoms with Gasteiger partial charge in [-0.2, -0.15) is 0 Å². The van der Waals surface area contributed by atoms with E-state index in [4.69, 9.17) is 9.47 Å². The van der Waals surface area contributed by atoms with Crippen molar-refractivity contribution in [1.82, 2.24) is 10.3 Å². The van der Waals surface area contributed by atoms with Crippen molar-refractivity contribution in [2.24, 2.45) is 0 Å². The number of aryl methyl sites for hydroxylation is 1. The lowest BCUT2D eigenvalue weighted by Crippen LogP contribution is -2.29. The van der Waals surface area contributed by atoms with E-state index in [-0.39, 0.29) is 18.4 Å². The van der Waals surface area contributed by atoms with E-state index in [1.807, 2.05) is 6.92 Å². The quantitative estimate of drug-likeness (QED) is 0.842. The summed E-state index contributed by atoms with van der Waals surface area (Å²) in [4.78, 5) is 16.3. The molecule has 1 aromatic carbocycles. The largest absolute Gasteiger partial charge is 0.493 e. The van der Waals surface area contributed by atoms with Crippen LogP contribution in [0.5, 0.6) is 11.5 Å². The minimum atomic E-state index is -0.496. The van der Waals surface area contributed by atoms with Crippen LogP contribution in [0, 0.1) is 12.7 Å². The normalized spacial score (nSPS) is 13.2. The first-order valence-corrected chi connectivity index (χ1v) is 8.07. The Labute approximate surface area is 145 Å². The van der Waals surface area contributed by atoms with Gasteiger partial charge < -0.3 is 14.8 Å². The maximum atomic E-state index is 14.4. The van der Waals surface area contributed by atoms with Crippen molar-refractivity contribution in [3.05, 3.63) is 47.4 Å². The molecule has 25 heavy (non-hydrogen) atoms. The fourth-order valence-electron chi connectivity index (χ4n) is 2.27. The molecule has 0 saturated heterocycles. The Balaban J connectivity index is 1.62. The van der Waals surface area contributed by atoms with Crippen LogP contribution >= 0.6 is 0 Å². The van der Waals surface area contributed by atoms with Gasteiger partial charge in [-0.1, -0.05) is 12.1 Å². The Morgan fingerprint density at radius 1 is 1.28 bits per heavy atom. The predicted molar refractivity (Wildman–Crippen MR) is 91.4 cm³/mol. The van der Waals surface area contributed by atoms with Gasteiger partial charge in [0.15, 0.2) is 23.1 Å². The molecule has 0 unspecified atom stereocenters. The van der Waals surface area contributed by atoms with Crippen molar-refractivity contribution >= 4 is 11.8 Å². The molecule has 6 nitrogen and oxygen atoms in total. The number of nitrogens with zero attached hydrogens (tertiary/aromatic N) is 1. The summed E-state index contributed by atoms with van der Waals surface area (Å²) >= 11 is 0. The second kappa shape index (κ2) is 7.38. The van der Waals surface area contributed by atoms with Gasteiger partial charge >= 0.3 is 6.03 Å². The number of methoxy groups -OCH3 is 1. The number of amides is 2. The highest BCUT2D eigenvalue weighted by molar-refractivity contribution is 5.89. The van der Waals surface area contributed by atoms with Gasteiger partial charge in [-0.3, -0.25) is 5.32 Å². The lowest BCUT2D eigenvalue weighted by atomic mass is 10.2. The van der Waals surface area contributed by atoms with Gasteiger partial charge in [-0.05, 0) is 38.0 Å². The third-order valence-electron chi connectivity index (χ3n) is 3.75. The van der Waals surface area contributed by atoms with Gasteiger partial charge in [-0.25, -0.2) is 14.2 Å². The molecule has 2 N–H and O–H groups in total. The van der Waals surface area contributed by atoms with Crippen molar-refractivity contribution in [2.75, 3.05) is 12.4 Å². The number of aromatic nitrogens is 1. The number of halogens is 1. The van der Waals surface area contributed by atoms with Gasteiger partial charge in [0.05, 0.1) is 13.2 Å². The highest BCUT2D eigenvalue weighted by Gasteiger charge is 2.25. The fraction of sp³-hybridized carbons (Fsp3) is 0.333. The zero-order valence-corrected chi connectivity index (χ0v) is 14.1. The SMILES string of the molecule is COc1ccc(C)nc1NC(=O)NCc1cccc(OC2CC2)c1F. The van der Waals surface area contributed by atoms with E-state index in [2.05, 4.69) is 15.6 Å². The number of pyridine rings is 1. The zero-order chi connectivity index (χ0) is 17.8. The van der Waals surface area contributed by atoms with Crippen LogP contribution in [0.2, 0.25) is 0 Å². The molecule has 0 aliphatic heterocycles. The molecule has 132 valence electrons. The maximum absolute atomic E-state index is 14.4. The number of ether oxygens (including phenoxy) is 2. The molecule has 0 atom stereocenters. The molecule has 2 amide bonds. The lowest BCUT2D eigenvalue weighted by molar-refractivity contribution is 0.251. The maximum Gasteiger partial charge on any atom is 0.320 e. The molecule has 0 spiro atoms. The topological polar surface area (TPSA) is 72.5 Å². The van der Waals surface area contributed by atoms with Gasteiger partial charge in [0.25, 0.3) is 0 Å². The number of urea groups is 1. The summed E-state index contributed by atoms with van der Waals surface area (Å²) in [5.74, 6) is 0.545. The first-order chi connectivity index (χ1) is 12.1. The van der Waals surface area contributed by atoms with Crippen molar-refractivity contribution in [3.63, 3.8) is 0 Å². The third kappa shape index (κ3) is 4.37. The van der Waals surface area contributed by atoms with Gasteiger partial charge in [-0.15, -0.1) is 0 Å². The summed E-state index contributed by atoms with van der Waals surface area (Å²) in [5, 5.41) is 5.22. The van der Waals surface area contributed by atoms with Crippen molar-refractivity contribution < 1.29 is 18.7 Å². The molecule has 0 radical (unpaired) electrons. The summed E-state index contributed by atoms with van der Waals surface area (Å²) in [7, 11) is 1.50. The Morgan fingerprint density at radius 2 is 2.08 bits per heavy atom. The number of hydrogen-bond donors (Lipinski definition) is 2. The molecule has 3 rings (SSSR count). The Hall–Kier alpha value is -2.83. The fourth-order valence-corrected chi connectivity index (χ4v) is 2.27. The molecule has 1 aromatic heterocycles. The third-order valence-corrected chi connectivity index (χ3v) is 3.75. The van der Waals surface area contributed by atoms with Gasteiger partial charge in [0.1, 0.15) is 0 Å². The minimum absolute atomic E-state index is 0.0354. The molecular formula is C18H20FN3O3. The van der Waals surface area contributed by atoms with Crippen LogP contribution in [-0.2, 0) is 6.54 Å². The van der Waals surface area contributed by atoms with E-state index in [0.29, 0.717) is 17.1 Å². The Kier molecular flexibility index (Phi) is 5.02. The first kappa shape index (κ1) is 17.0. The van der Waals surface area contributed by atoms with Crippen LogP contribution in [0.3, 0.4) is 0 Å². The Morgan fingerprint density at radius 3 is 2.80 bits per heavy atom. The van der Waals surface area contributed by atoms with Crippen molar-refractivity contribution in [2.45, 2.75) is 32.4 Å². The monoisotopic (exact) mass is 345 g/mol. The van der Waals surface area contributed by atoms with Crippen LogP contribution in [0.25, 0.3) is 0 Å². The molecule has 1 heterocycles. The average Bonchev–Trinajstić information content (AvgIpc) is 3.40. The van der Waals surface area contributed by atoms with Gasteiger partial charge in [0, 0.05) is 17.8 Å².